The number of hydrogen-bond donors (Lipinski definition) is 1. The minimum Gasteiger partial charge on any atom is -0.336 e. The average molecular weight is 396 g/mol. The van der Waals surface area contributed by atoms with Crippen molar-refractivity contribution in [3.63, 3.8) is 0 Å². The zero-order chi connectivity index (χ0) is 20.1. The fraction of sp³-hybridized carbons (Fsp3) is 0.333. The second kappa shape index (κ2) is 6.90. The molecular weight excluding hydrogens is 372 g/mol. The van der Waals surface area contributed by atoms with Crippen LogP contribution in [0.4, 0.5) is 0 Å². The average Bonchev–Trinajstić information content (AvgIpc) is 3.16. The third-order valence-electron chi connectivity index (χ3n) is 6.50. The van der Waals surface area contributed by atoms with E-state index in [1.54, 1.807) is 11.1 Å². The highest BCUT2D eigenvalue weighted by Crippen LogP contribution is 2.43. The molecule has 1 aromatic carbocycles. The van der Waals surface area contributed by atoms with Gasteiger partial charge in [-0.15, -0.1) is 5.10 Å². The maximum absolute atomic E-state index is 4.63. The van der Waals surface area contributed by atoms with Gasteiger partial charge in [0.1, 0.15) is 11.4 Å². The topological polar surface area (TPSA) is 72.3 Å². The van der Waals surface area contributed by atoms with Crippen molar-refractivity contribution in [3.8, 4) is 22.6 Å². The molecule has 1 atom stereocenters. The summed E-state index contributed by atoms with van der Waals surface area (Å²) in [5.41, 5.74) is 9.17. The maximum Gasteiger partial charge on any atom is 0.115 e. The number of pyridine rings is 1. The summed E-state index contributed by atoms with van der Waals surface area (Å²) >= 11 is 0. The molecule has 1 N–H and O–H groups in total. The van der Waals surface area contributed by atoms with Crippen molar-refractivity contribution in [2.75, 3.05) is 0 Å². The molecule has 0 amide bonds. The fourth-order valence-corrected chi connectivity index (χ4v) is 4.70. The summed E-state index contributed by atoms with van der Waals surface area (Å²) in [5.74, 6) is 1.39. The van der Waals surface area contributed by atoms with Crippen molar-refractivity contribution in [1.29, 1.82) is 0 Å². The molecule has 150 valence electrons. The van der Waals surface area contributed by atoms with Crippen LogP contribution in [0.15, 0.2) is 49.1 Å². The van der Waals surface area contributed by atoms with Crippen LogP contribution in [0.1, 0.15) is 53.5 Å². The van der Waals surface area contributed by atoms with Gasteiger partial charge in [0.15, 0.2) is 0 Å². The van der Waals surface area contributed by atoms with E-state index in [2.05, 4.69) is 54.3 Å². The first-order chi connectivity index (χ1) is 14.7. The van der Waals surface area contributed by atoms with E-state index < -0.39 is 0 Å². The standard InChI is InChI=1S/C24H24N6/c1-15-24(28-29-27-15)19-8-9-25-22(11-19)23-13-30(14-26-23)12-20-5-4-18-10-17(16-2-3-16)6-7-21(18)20/h6-11,13-14,16,20H,2-5,12H2,1H3,(H,27,28,29)/t20-/m1/s1. The summed E-state index contributed by atoms with van der Waals surface area (Å²) < 4.78 is 2.21. The number of imidazole rings is 1. The van der Waals surface area contributed by atoms with E-state index in [0.717, 1.165) is 40.8 Å². The molecule has 3 aromatic heterocycles. The van der Waals surface area contributed by atoms with Crippen LogP contribution < -0.4 is 0 Å². The molecule has 2 aliphatic rings. The van der Waals surface area contributed by atoms with Crippen LogP contribution in [0.2, 0.25) is 0 Å². The minimum absolute atomic E-state index is 0.562. The number of aryl methyl sites for hydroxylation is 2. The smallest absolute Gasteiger partial charge is 0.115 e. The molecule has 30 heavy (non-hydrogen) atoms. The molecule has 4 aromatic rings. The van der Waals surface area contributed by atoms with E-state index in [4.69, 9.17) is 0 Å². The predicted octanol–water partition coefficient (Wildman–Crippen LogP) is 4.65. The Kier molecular flexibility index (Phi) is 4.04. The second-order valence-corrected chi connectivity index (χ2v) is 8.64. The number of nitrogens with one attached hydrogen (secondary N) is 1. The maximum atomic E-state index is 4.63. The lowest BCUT2D eigenvalue weighted by Crippen LogP contribution is -2.04. The number of nitrogens with zero attached hydrogens (tertiary/aromatic N) is 5. The largest absolute Gasteiger partial charge is 0.336 e. The summed E-state index contributed by atoms with van der Waals surface area (Å²) in [6, 6.07) is 11.2. The third-order valence-corrected chi connectivity index (χ3v) is 6.50. The summed E-state index contributed by atoms with van der Waals surface area (Å²) in [4.78, 5) is 9.16. The highest BCUT2D eigenvalue weighted by molar-refractivity contribution is 5.67. The van der Waals surface area contributed by atoms with Gasteiger partial charge in [-0.3, -0.25) is 10.1 Å². The van der Waals surface area contributed by atoms with Crippen molar-refractivity contribution in [2.24, 2.45) is 0 Å². The molecule has 2 aliphatic carbocycles. The van der Waals surface area contributed by atoms with Gasteiger partial charge in [-0.1, -0.05) is 23.4 Å². The van der Waals surface area contributed by atoms with Crippen molar-refractivity contribution >= 4 is 0 Å². The first kappa shape index (κ1) is 17.6. The Bertz CT molecular complexity index is 1220. The van der Waals surface area contributed by atoms with Gasteiger partial charge in [-0.05, 0) is 67.3 Å². The Morgan fingerprint density at radius 3 is 2.83 bits per heavy atom. The Morgan fingerprint density at radius 1 is 1.07 bits per heavy atom. The lowest BCUT2D eigenvalue weighted by molar-refractivity contribution is 0.555. The van der Waals surface area contributed by atoms with Gasteiger partial charge in [0.25, 0.3) is 0 Å². The second-order valence-electron chi connectivity index (χ2n) is 8.64. The van der Waals surface area contributed by atoms with Gasteiger partial charge in [0.2, 0.25) is 0 Å². The molecule has 6 rings (SSSR count). The predicted molar refractivity (Wildman–Crippen MR) is 115 cm³/mol. The van der Waals surface area contributed by atoms with E-state index in [1.165, 1.54) is 31.2 Å². The van der Waals surface area contributed by atoms with Crippen molar-refractivity contribution < 1.29 is 0 Å². The van der Waals surface area contributed by atoms with Crippen LogP contribution in [0, 0.1) is 6.92 Å². The molecule has 6 nitrogen and oxygen atoms in total. The Hall–Kier alpha value is -3.28. The van der Waals surface area contributed by atoms with Gasteiger partial charge in [0.05, 0.1) is 17.7 Å². The SMILES string of the molecule is Cc1[nH]nnc1-c1ccnc(-c2cn(C[C@H]3CCc4cc(C5CC5)ccc43)cn2)c1. The molecule has 0 bridgehead atoms. The normalized spacial score (nSPS) is 18.0. The summed E-state index contributed by atoms with van der Waals surface area (Å²) in [6.07, 6.45) is 11.0. The first-order valence-electron chi connectivity index (χ1n) is 10.7. The number of rotatable bonds is 5. The van der Waals surface area contributed by atoms with Crippen LogP contribution in [-0.2, 0) is 13.0 Å². The van der Waals surface area contributed by atoms with Gasteiger partial charge in [-0.2, -0.15) is 0 Å². The summed E-state index contributed by atoms with van der Waals surface area (Å²) in [5, 5.41) is 11.0. The minimum atomic E-state index is 0.562. The molecule has 6 heteroatoms. The molecule has 3 heterocycles. The van der Waals surface area contributed by atoms with Crippen LogP contribution in [-0.4, -0.2) is 29.9 Å². The molecule has 0 spiro atoms. The van der Waals surface area contributed by atoms with Crippen LogP contribution >= 0.6 is 0 Å². The summed E-state index contributed by atoms with van der Waals surface area (Å²) in [7, 11) is 0. The van der Waals surface area contributed by atoms with Crippen LogP contribution in [0.3, 0.4) is 0 Å². The van der Waals surface area contributed by atoms with Gasteiger partial charge in [-0.25, -0.2) is 4.98 Å². The molecule has 1 saturated carbocycles. The quantitative estimate of drug-likeness (QED) is 0.533. The number of aromatic amines is 1. The zero-order valence-corrected chi connectivity index (χ0v) is 17.0. The number of H-pyrrole nitrogens is 1. The Balaban J connectivity index is 1.22. The fourth-order valence-electron chi connectivity index (χ4n) is 4.70. The third kappa shape index (κ3) is 3.12. The number of hydrogen-bond acceptors (Lipinski definition) is 4. The molecule has 0 unspecified atom stereocenters. The number of fused-ring (bicyclic) bond motifs is 1. The molecule has 1 fully saturated rings. The van der Waals surface area contributed by atoms with E-state index in [9.17, 15) is 0 Å². The molecule has 0 saturated heterocycles. The highest BCUT2D eigenvalue weighted by Gasteiger charge is 2.27. The monoisotopic (exact) mass is 396 g/mol. The first-order valence-corrected chi connectivity index (χ1v) is 10.7. The van der Waals surface area contributed by atoms with Gasteiger partial charge < -0.3 is 4.57 Å². The lowest BCUT2D eigenvalue weighted by Gasteiger charge is -2.13. The van der Waals surface area contributed by atoms with Crippen LogP contribution in [0.25, 0.3) is 22.6 Å². The van der Waals surface area contributed by atoms with E-state index in [1.807, 2.05) is 31.6 Å². The Labute approximate surface area is 175 Å². The number of benzene rings is 1. The van der Waals surface area contributed by atoms with Crippen molar-refractivity contribution in [1.82, 2.24) is 29.9 Å². The highest BCUT2D eigenvalue weighted by atomic mass is 15.3. The summed E-state index contributed by atoms with van der Waals surface area (Å²) in [6.45, 7) is 2.93. The molecule has 0 aliphatic heterocycles. The van der Waals surface area contributed by atoms with Crippen molar-refractivity contribution in [2.45, 2.75) is 51.0 Å². The molecule has 0 radical (unpaired) electrons. The molecular formula is C24H24N6. The lowest BCUT2D eigenvalue weighted by atomic mass is 9.98. The number of aromatic nitrogens is 6. The van der Waals surface area contributed by atoms with Gasteiger partial charge in [0, 0.05) is 30.4 Å². The van der Waals surface area contributed by atoms with E-state index in [0.29, 0.717) is 5.92 Å². The van der Waals surface area contributed by atoms with E-state index >= 15 is 0 Å². The van der Waals surface area contributed by atoms with Crippen LogP contribution in [0.5, 0.6) is 0 Å². The zero-order valence-electron chi connectivity index (χ0n) is 17.0. The Morgan fingerprint density at radius 2 is 2.00 bits per heavy atom. The van der Waals surface area contributed by atoms with E-state index in [-0.39, 0.29) is 0 Å². The van der Waals surface area contributed by atoms with Crippen molar-refractivity contribution in [3.05, 3.63) is 71.4 Å². The van der Waals surface area contributed by atoms with Gasteiger partial charge >= 0.3 is 0 Å².